The summed E-state index contributed by atoms with van der Waals surface area (Å²) in [5.41, 5.74) is 0. The van der Waals surface area contributed by atoms with Gasteiger partial charge in [-0.25, -0.2) is 0 Å². The fraction of sp³-hybridized carbons (Fsp3) is 0.846. The van der Waals surface area contributed by atoms with Crippen molar-refractivity contribution < 1.29 is 23.9 Å². The number of hydrogen-bond acceptors (Lipinski definition) is 3. The molecule has 0 aromatic heterocycles. The number of carboxylic acids is 1. The van der Waals surface area contributed by atoms with Crippen molar-refractivity contribution >= 4 is 11.9 Å². The van der Waals surface area contributed by atoms with Gasteiger partial charge in [-0.3, -0.25) is 9.59 Å². The number of carbonyl (C=O) groups is 2. The van der Waals surface area contributed by atoms with E-state index in [0.717, 1.165) is 19.3 Å². The topological polar surface area (TPSA) is 63.6 Å². The summed E-state index contributed by atoms with van der Waals surface area (Å²) < 4.78 is 5.82. The van der Waals surface area contributed by atoms with Gasteiger partial charge in [0, 0.05) is 6.42 Å². The van der Waals surface area contributed by atoms with Crippen LogP contribution in [0.25, 0.3) is 0 Å². The van der Waals surface area contributed by atoms with Crippen LogP contribution in [-0.4, -0.2) is 55.3 Å². The zero-order valence-electron chi connectivity index (χ0n) is 11.9. The minimum absolute atomic E-state index is 0.130. The van der Waals surface area contributed by atoms with E-state index in [2.05, 4.69) is 6.92 Å². The lowest BCUT2D eigenvalue weighted by atomic mass is 10.2. The van der Waals surface area contributed by atoms with Gasteiger partial charge < -0.3 is 14.3 Å². The largest absolute Gasteiger partial charge is 0.481 e. The predicted molar refractivity (Wildman–Crippen MR) is 69.2 cm³/mol. The van der Waals surface area contributed by atoms with Gasteiger partial charge in [0.2, 0.25) is 0 Å². The van der Waals surface area contributed by atoms with Crippen LogP contribution in [0.3, 0.4) is 0 Å². The third kappa shape index (κ3) is 10.1. The average Bonchev–Trinajstić information content (AvgIpc) is 2.13. The van der Waals surface area contributed by atoms with Gasteiger partial charge in [0.1, 0.15) is 6.54 Å². The second-order valence-corrected chi connectivity index (χ2v) is 5.64. The van der Waals surface area contributed by atoms with Crippen LogP contribution in [0.5, 0.6) is 0 Å². The van der Waals surface area contributed by atoms with Crippen molar-refractivity contribution in [3.8, 4) is 0 Å². The van der Waals surface area contributed by atoms with Crippen molar-refractivity contribution in [2.45, 2.75) is 45.1 Å². The molecule has 0 heterocycles. The molecule has 0 radical (unpaired) electrons. The number of quaternary nitrogens is 1. The van der Waals surface area contributed by atoms with Crippen molar-refractivity contribution in [1.29, 1.82) is 0 Å². The molecule has 5 heteroatoms. The highest BCUT2D eigenvalue weighted by molar-refractivity contribution is 5.71. The monoisotopic (exact) mass is 260 g/mol. The lowest BCUT2D eigenvalue weighted by Crippen LogP contribution is -2.43. The van der Waals surface area contributed by atoms with Crippen LogP contribution >= 0.6 is 0 Å². The summed E-state index contributed by atoms with van der Waals surface area (Å²) in [5, 5.41) is 8.81. The Hall–Kier alpha value is -1.10. The Bertz CT molecular complexity index is 271. The summed E-state index contributed by atoms with van der Waals surface area (Å²) in [7, 11) is 5.83. The lowest BCUT2D eigenvalue weighted by Gasteiger charge is -2.28. The van der Waals surface area contributed by atoms with Gasteiger partial charge in [-0.15, -0.1) is 0 Å². The van der Waals surface area contributed by atoms with E-state index >= 15 is 0 Å². The molecule has 106 valence electrons. The van der Waals surface area contributed by atoms with Gasteiger partial charge in [0.15, 0.2) is 6.10 Å². The summed E-state index contributed by atoms with van der Waals surface area (Å²) in [5.74, 6) is -1.22. The van der Waals surface area contributed by atoms with E-state index in [4.69, 9.17) is 9.84 Å². The molecular formula is C13H26NO4+. The van der Waals surface area contributed by atoms with Gasteiger partial charge in [0.05, 0.1) is 27.6 Å². The third-order valence-corrected chi connectivity index (χ3v) is 2.44. The number of carbonyl (C=O) groups excluding carboxylic acids is 1. The van der Waals surface area contributed by atoms with Gasteiger partial charge in [0.25, 0.3) is 0 Å². The molecule has 0 spiro atoms. The Morgan fingerprint density at radius 2 is 1.83 bits per heavy atom. The van der Waals surface area contributed by atoms with Crippen molar-refractivity contribution in [3.05, 3.63) is 0 Å². The molecule has 0 amide bonds. The number of nitrogens with zero attached hydrogens (tertiary/aromatic N) is 1. The van der Waals surface area contributed by atoms with Crippen LogP contribution in [-0.2, 0) is 14.3 Å². The molecule has 0 bridgehead atoms. The Kier molecular flexibility index (Phi) is 7.59. The summed E-state index contributed by atoms with van der Waals surface area (Å²) in [6.07, 6.45) is 2.55. The highest BCUT2D eigenvalue weighted by atomic mass is 16.5. The molecule has 1 atom stereocenters. The number of likely N-dealkylation sites (N-methyl/N-ethyl adjacent to an activating group) is 1. The molecule has 0 aromatic carbocycles. The van der Waals surface area contributed by atoms with E-state index in [0.29, 0.717) is 17.4 Å². The number of unbranched alkanes of at least 4 members (excludes halogenated alkanes) is 2. The smallest absolute Gasteiger partial charge is 0.307 e. The quantitative estimate of drug-likeness (QED) is 0.389. The molecule has 0 fully saturated rings. The maximum Gasteiger partial charge on any atom is 0.307 e. The highest BCUT2D eigenvalue weighted by Crippen LogP contribution is 2.08. The van der Waals surface area contributed by atoms with Crippen LogP contribution in [0.4, 0.5) is 0 Å². The third-order valence-electron chi connectivity index (χ3n) is 2.44. The standard InChI is InChI=1S/C13H25NO4/c1-5-6-7-8-13(17)18-11(9-12(15)16)10-14(2,3)4/h11H,5-10H2,1-4H3/p+1/t11-/m0/s1. The zero-order valence-corrected chi connectivity index (χ0v) is 11.9. The van der Waals surface area contributed by atoms with E-state index in [9.17, 15) is 9.59 Å². The predicted octanol–water partition coefficient (Wildman–Crippen LogP) is 1.66. The second-order valence-electron chi connectivity index (χ2n) is 5.64. The normalized spacial score (nSPS) is 13.1. The number of esters is 1. The summed E-state index contributed by atoms with van der Waals surface area (Å²) >= 11 is 0. The Morgan fingerprint density at radius 3 is 2.28 bits per heavy atom. The van der Waals surface area contributed by atoms with Gasteiger partial charge in [-0.05, 0) is 6.42 Å². The summed E-state index contributed by atoms with van der Waals surface area (Å²) in [6.45, 7) is 2.57. The molecule has 0 aromatic rings. The molecule has 0 saturated carbocycles. The van der Waals surface area contributed by atoms with Crippen molar-refractivity contribution in [1.82, 2.24) is 0 Å². The highest BCUT2D eigenvalue weighted by Gasteiger charge is 2.24. The first kappa shape index (κ1) is 16.9. The number of hydrogen-bond donors (Lipinski definition) is 1. The molecule has 5 nitrogen and oxygen atoms in total. The van der Waals surface area contributed by atoms with Crippen LogP contribution in [0.1, 0.15) is 39.0 Å². The molecule has 1 N–H and O–H groups in total. The molecule has 18 heavy (non-hydrogen) atoms. The SMILES string of the molecule is CCCCCC(=O)O[C@@H](CC(=O)O)C[N+](C)(C)C. The van der Waals surface area contributed by atoms with Crippen molar-refractivity contribution in [3.63, 3.8) is 0 Å². The molecule has 0 unspecified atom stereocenters. The number of aliphatic carboxylic acids is 1. The Morgan fingerprint density at radius 1 is 1.22 bits per heavy atom. The number of ether oxygens (including phenoxy) is 1. The maximum atomic E-state index is 11.6. The lowest BCUT2D eigenvalue weighted by molar-refractivity contribution is -0.873. The number of carboxylic acid groups (broad SMARTS) is 1. The van der Waals surface area contributed by atoms with E-state index in [1.807, 2.05) is 21.1 Å². The first-order valence-electron chi connectivity index (χ1n) is 6.46. The first-order valence-corrected chi connectivity index (χ1v) is 6.46. The van der Waals surface area contributed by atoms with Crippen LogP contribution < -0.4 is 0 Å². The Balaban J connectivity index is 4.22. The van der Waals surface area contributed by atoms with Crippen LogP contribution in [0.2, 0.25) is 0 Å². The van der Waals surface area contributed by atoms with E-state index < -0.39 is 12.1 Å². The number of rotatable bonds is 9. The van der Waals surface area contributed by atoms with Crippen LogP contribution in [0, 0.1) is 0 Å². The zero-order chi connectivity index (χ0) is 14.2. The molecule has 0 rings (SSSR count). The fourth-order valence-electron chi connectivity index (χ4n) is 1.71. The molecule has 0 saturated heterocycles. The van der Waals surface area contributed by atoms with E-state index in [-0.39, 0.29) is 12.4 Å². The minimum atomic E-state index is -0.935. The average molecular weight is 260 g/mol. The van der Waals surface area contributed by atoms with Gasteiger partial charge in [-0.1, -0.05) is 19.8 Å². The van der Waals surface area contributed by atoms with Gasteiger partial charge in [-0.2, -0.15) is 0 Å². The summed E-state index contributed by atoms with van der Waals surface area (Å²) in [4.78, 5) is 22.3. The van der Waals surface area contributed by atoms with Crippen molar-refractivity contribution in [2.75, 3.05) is 27.7 Å². The molecule has 0 aliphatic carbocycles. The van der Waals surface area contributed by atoms with Crippen molar-refractivity contribution in [2.24, 2.45) is 0 Å². The first-order chi connectivity index (χ1) is 8.24. The van der Waals surface area contributed by atoms with Crippen LogP contribution in [0.15, 0.2) is 0 Å². The van der Waals surface area contributed by atoms with E-state index in [1.165, 1.54) is 0 Å². The van der Waals surface area contributed by atoms with Gasteiger partial charge >= 0.3 is 11.9 Å². The molecule has 0 aliphatic rings. The Labute approximate surface area is 109 Å². The fourth-order valence-corrected chi connectivity index (χ4v) is 1.71. The molecule has 0 aliphatic heterocycles. The summed E-state index contributed by atoms with van der Waals surface area (Å²) in [6, 6.07) is 0. The van der Waals surface area contributed by atoms with E-state index in [1.54, 1.807) is 0 Å². The molecular weight excluding hydrogens is 234 g/mol. The maximum absolute atomic E-state index is 11.6. The minimum Gasteiger partial charge on any atom is -0.481 e. The second kappa shape index (κ2) is 8.08.